The maximum Gasteiger partial charge on any atom is 0.305 e. The van der Waals surface area contributed by atoms with Gasteiger partial charge in [0.15, 0.2) is 0 Å². The van der Waals surface area contributed by atoms with E-state index in [2.05, 4.69) is 55.6 Å². The Morgan fingerprint density at radius 3 is 0.929 bits per heavy atom. The largest absolute Gasteiger partial charge is 0.466 e. The summed E-state index contributed by atoms with van der Waals surface area (Å²) in [6.07, 6.45) is 97.8. The van der Waals surface area contributed by atoms with E-state index in [1.807, 2.05) is 6.08 Å². The van der Waals surface area contributed by atoms with E-state index >= 15 is 0 Å². The van der Waals surface area contributed by atoms with Gasteiger partial charge in [-0.15, -0.1) is 0 Å². The Labute approximate surface area is 531 Å². The summed E-state index contributed by atoms with van der Waals surface area (Å²) >= 11 is 0. The number of aliphatic hydroxyl groups excluding tert-OH is 2. The fourth-order valence-electron chi connectivity index (χ4n) is 12.0. The Balaban J connectivity index is 3.40. The van der Waals surface area contributed by atoms with E-state index in [9.17, 15) is 19.8 Å². The monoisotopic (exact) mass is 1190 g/mol. The zero-order chi connectivity index (χ0) is 61.3. The number of unbranched alkanes of at least 4 members (excludes halogenated alkanes) is 55. The highest BCUT2D eigenvalue weighted by Gasteiger charge is 2.18. The number of hydrogen-bond acceptors (Lipinski definition) is 5. The van der Waals surface area contributed by atoms with Crippen LogP contribution in [0.15, 0.2) is 48.6 Å². The Kier molecular flexibility index (Phi) is 72.4. The third kappa shape index (κ3) is 70.8. The zero-order valence-corrected chi connectivity index (χ0v) is 57.4. The van der Waals surface area contributed by atoms with E-state index in [0.717, 1.165) is 51.4 Å². The lowest BCUT2D eigenvalue weighted by atomic mass is 10.0. The molecule has 500 valence electrons. The predicted octanol–water partition coefficient (Wildman–Crippen LogP) is 25.2. The normalized spacial score (nSPS) is 12.8. The first-order valence-corrected chi connectivity index (χ1v) is 38.4. The average Bonchev–Trinajstić information content (AvgIpc) is 3.51. The summed E-state index contributed by atoms with van der Waals surface area (Å²) < 4.78 is 5.51. The maximum absolute atomic E-state index is 12.5. The van der Waals surface area contributed by atoms with Gasteiger partial charge in [-0.1, -0.05) is 364 Å². The summed E-state index contributed by atoms with van der Waals surface area (Å²) in [5, 5.41) is 23.3. The van der Waals surface area contributed by atoms with Crippen molar-refractivity contribution in [1.82, 2.24) is 5.32 Å². The molecule has 0 aliphatic carbocycles. The van der Waals surface area contributed by atoms with E-state index in [1.165, 1.54) is 340 Å². The van der Waals surface area contributed by atoms with E-state index < -0.39 is 12.1 Å². The van der Waals surface area contributed by atoms with E-state index in [-0.39, 0.29) is 18.5 Å². The Bertz CT molecular complexity index is 1420. The molecule has 3 N–H and O–H groups in total. The molecule has 0 saturated carbocycles. The van der Waals surface area contributed by atoms with Crippen molar-refractivity contribution >= 4 is 11.9 Å². The second-order valence-electron chi connectivity index (χ2n) is 26.3. The second-order valence-corrected chi connectivity index (χ2v) is 26.3. The van der Waals surface area contributed by atoms with Crippen LogP contribution in [0.1, 0.15) is 418 Å². The molecule has 0 saturated heterocycles. The lowest BCUT2D eigenvalue weighted by molar-refractivity contribution is -0.143. The average molecular weight is 1190 g/mol. The van der Waals surface area contributed by atoms with Crippen molar-refractivity contribution in [3.8, 4) is 0 Å². The Hall–Kier alpha value is -2.18. The number of ether oxygens (including phenoxy) is 1. The van der Waals surface area contributed by atoms with Gasteiger partial charge in [-0.25, -0.2) is 0 Å². The summed E-state index contributed by atoms with van der Waals surface area (Å²) in [6.45, 7) is 4.92. The molecule has 6 heteroatoms. The third-order valence-electron chi connectivity index (χ3n) is 17.8. The van der Waals surface area contributed by atoms with Crippen molar-refractivity contribution in [3.05, 3.63) is 48.6 Å². The fourth-order valence-corrected chi connectivity index (χ4v) is 12.0. The molecule has 1 amide bonds. The van der Waals surface area contributed by atoms with Crippen LogP contribution in [0.3, 0.4) is 0 Å². The van der Waals surface area contributed by atoms with Gasteiger partial charge in [0.1, 0.15) is 0 Å². The highest BCUT2D eigenvalue weighted by atomic mass is 16.5. The number of amides is 1. The second kappa shape index (κ2) is 74.3. The molecule has 0 aromatic heterocycles. The van der Waals surface area contributed by atoms with Gasteiger partial charge in [0, 0.05) is 12.8 Å². The van der Waals surface area contributed by atoms with Gasteiger partial charge in [-0.05, 0) is 89.9 Å². The van der Waals surface area contributed by atoms with Crippen LogP contribution in [0.2, 0.25) is 0 Å². The van der Waals surface area contributed by atoms with Gasteiger partial charge in [0.05, 0.1) is 25.4 Å². The number of carbonyl (C=O) groups is 2. The van der Waals surface area contributed by atoms with Crippen LogP contribution in [0.5, 0.6) is 0 Å². The number of allylic oxidation sites excluding steroid dienone is 7. The van der Waals surface area contributed by atoms with E-state index in [4.69, 9.17) is 4.74 Å². The molecule has 2 unspecified atom stereocenters. The molecular weight excluding hydrogens is 1040 g/mol. The van der Waals surface area contributed by atoms with Crippen molar-refractivity contribution in [2.75, 3.05) is 13.2 Å². The van der Waals surface area contributed by atoms with Gasteiger partial charge in [-0.2, -0.15) is 0 Å². The molecule has 0 aromatic carbocycles. The van der Waals surface area contributed by atoms with Crippen molar-refractivity contribution < 1.29 is 24.5 Å². The highest BCUT2D eigenvalue weighted by molar-refractivity contribution is 5.76. The van der Waals surface area contributed by atoms with Gasteiger partial charge < -0.3 is 20.3 Å². The topological polar surface area (TPSA) is 95.9 Å². The summed E-state index contributed by atoms with van der Waals surface area (Å²) in [7, 11) is 0. The first-order chi connectivity index (χ1) is 42.0. The standard InChI is InChI=1S/C79H149NO5/c1-3-5-7-9-11-13-15-17-19-21-23-24-32-36-39-43-47-51-55-59-63-67-71-77(82)76(75-81)80-78(83)72-68-64-60-56-52-48-44-40-37-33-30-28-26-25-27-29-31-34-38-42-46-50-54-58-62-66-70-74-85-79(84)73-69-65-61-57-53-49-45-41-35-22-20-18-16-14-12-10-8-6-4-2/h12,14,18,20,25-26,67,71,76-77,81-82H,3-11,13,15-17,19,21-24,27-66,68-70,72-75H2,1-2H3,(H,80,83)/b14-12-,20-18-,26-25-,71-67+. The van der Waals surface area contributed by atoms with Gasteiger partial charge in [0.2, 0.25) is 5.91 Å². The van der Waals surface area contributed by atoms with E-state index in [0.29, 0.717) is 19.4 Å². The summed E-state index contributed by atoms with van der Waals surface area (Å²) in [5.74, 6) is -0.0535. The zero-order valence-electron chi connectivity index (χ0n) is 57.4. The number of carbonyl (C=O) groups excluding carboxylic acids is 2. The number of nitrogens with one attached hydrogen (secondary N) is 1. The minimum absolute atomic E-state index is 0.0115. The molecule has 0 radical (unpaired) electrons. The molecule has 0 bridgehead atoms. The highest BCUT2D eigenvalue weighted by Crippen LogP contribution is 2.19. The molecule has 0 fully saturated rings. The molecule has 2 atom stereocenters. The third-order valence-corrected chi connectivity index (χ3v) is 17.8. The van der Waals surface area contributed by atoms with Crippen LogP contribution in [-0.4, -0.2) is 47.4 Å². The van der Waals surface area contributed by atoms with Gasteiger partial charge in [-0.3, -0.25) is 9.59 Å². The lowest BCUT2D eigenvalue weighted by Gasteiger charge is -2.20. The molecule has 6 nitrogen and oxygen atoms in total. The maximum atomic E-state index is 12.5. The predicted molar refractivity (Wildman–Crippen MR) is 375 cm³/mol. The van der Waals surface area contributed by atoms with E-state index in [1.54, 1.807) is 6.08 Å². The van der Waals surface area contributed by atoms with Crippen LogP contribution in [0.4, 0.5) is 0 Å². The van der Waals surface area contributed by atoms with Crippen LogP contribution in [-0.2, 0) is 14.3 Å². The Morgan fingerprint density at radius 1 is 0.329 bits per heavy atom. The molecule has 0 aliphatic rings. The van der Waals surface area contributed by atoms with Crippen molar-refractivity contribution in [1.29, 1.82) is 0 Å². The molecule has 85 heavy (non-hydrogen) atoms. The molecular formula is C79H149NO5. The number of hydrogen-bond donors (Lipinski definition) is 3. The minimum Gasteiger partial charge on any atom is -0.466 e. The SMILES string of the molecule is CCCCC/C=C\C/C=C\CCCCCCCCCCCC(=O)OCCCCCCCCCCCCCC/C=C\CCCCCCCCCCCCCC(=O)NC(CO)C(O)/C=C/CCCCCCCCCCCCCCCCCCCCCC. The molecule has 0 spiro atoms. The first kappa shape index (κ1) is 82.8. The van der Waals surface area contributed by atoms with Gasteiger partial charge in [0.25, 0.3) is 0 Å². The molecule has 0 heterocycles. The number of esters is 1. The Morgan fingerprint density at radius 2 is 0.588 bits per heavy atom. The van der Waals surface area contributed by atoms with Crippen LogP contribution in [0, 0.1) is 0 Å². The summed E-state index contributed by atoms with van der Waals surface area (Å²) in [5.41, 5.74) is 0. The summed E-state index contributed by atoms with van der Waals surface area (Å²) in [4.78, 5) is 24.7. The summed E-state index contributed by atoms with van der Waals surface area (Å²) in [6, 6.07) is -0.631. The molecule has 0 aromatic rings. The number of aliphatic hydroxyl groups is 2. The van der Waals surface area contributed by atoms with Gasteiger partial charge >= 0.3 is 5.97 Å². The van der Waals surface area contributed by atoms with Crippen molar-refractivity contribution in [3.63, 3.8) is 0 Å². The van der Waals surface area contributed by atoms with Crippen LogP contribution >= 0.6 is 0 Å². The quantitative estimate of drug-likeness (QED) is 0.0320. The first-order valence-electron chi connectivity index (χ1n) is 38.4. The minimum atomic E-state index is -0.847. The molecule has 0 aliphatic heterocycles. The van der Waals surface area contributed by atoms with Crippen molar-refractivity contribution in [2.24, 2.45) is 0 Å². The van der Waals surface area contributed by atoms with Crippen LogP contribution < -0.4 is 5.32 Å². The fraction of sp³-hybridized carbons (Fsp3) is 0.873. The smallest absolute Gasteiger partial charge is 0.305 e. The molecule has 0 rings (SSSR count). The van der Waals surface area contributed by atoms with Crippen molar-refractivity contribution in [2.45, 2.75) is 431 Å². The number of rotatable bonds is 72. The lowest BCUT2D eigenvalue weighted by Crippen LogP contribution is -2.45. The van der Waals surface area contributed by atoms with Crippen LogP contribution in [0.25, 0.3) is 0 Å².